The van der Waals surface area contributed by atoms with Gasteiger partial charge in [0.1, 0.15) is 0 Å². The lowest BCUT2D eigenvalue weighted by molar-refractivity contribution is 0.0710. The van der Waals surface area contributed by atoms with Crippen LogP contribution in [0.2, 0.25) is 5.02 Å². The summed E-state index contributed by atoms with van der Waals surface area (Å²) in [6, 6.07) is 6.63. The molecule has 3 nitrogen and oxygen atoms in total. The lowest BCUT2D eigenvalue weighted by Gasteiger charge is -2.14. The van der Waals surface area contributed by atoms with Gasteiger partial charge in [0.25, 0.3) is 0 Å². The van der Waals surface area contributed by atoms with Crippen LogP contribution in [0.15, 0.2) is 18.2 Å². The van der Waals surface area contributed by atoms with Gasteiger partial charge in [0.05, 0.1) is 19.8 Å². The molecule has 1 aromatic carbocycles. The molecule has 100 valence electrons. The summed E-state index contributed by atoms with van der Waals surface area (Å²) >= 11 is 5.99. The maximum absolute atomic E-state index is 5.99. The number of halogens is 1. The van der Waals surface area contributed by atoms with E-state index in [9.17, 15) is 0 Å². The van der Waals surface area contributed by atoms with E-state index >= 15 is 0 Å². The minimum atomic E-state index is 0.447. The first-order chi connectivity index (χ1) is 8.81. The third kappa shape index (κ3) is 3.69. The van der Waals surface area contributed by atoms with Crippen LogP contribution < -0.4 is 5.32 Å². The largest absolute Gasteiger partial charge is 0.382 e. The average molecular weight is 270 g/mol. The van der Waals surface area contributed by atoms with Crippen molar-refractivity contribution in [1.29, 1.82) is 0 Å². The van der Waals surface area contributed by atoms with Gasteiger partial charge in [-0.15, -0.1) is 0 Å². The third-order valence-electron chi connectivity index (χ3n) is 3.25. The maximum Gasteiger partial charge on any atom is 0.0700 e. The molecule has 1 aromatic rings. The van der Waals surface area contributed by atoms with E-state index in [0.717, 1.165) is 31.0 Å². The average Bonchev–Trinajstić information content (AvgIpc) is 2.76. The van der Waals surface area contributed by atoms with Crippen LogP contribution in [-0.4, -0.2) is 33.5 Å². The molecule has 1 N–H and O–H groups in total. The van der Waals surface area contributed by atoms with Crippen molar-refractivity contribution in [3.05, 3.63) is 34.3 Å². The van der Waals surface area contributed by atoms with Crippen LogP contribution in [0.1, 0.15) is 23.6 Å². The molecule has 18 heavy (non-hydrogen) atoms. The molecule has 0 saturated carbocycles. The van der Waals surface area contributed by atoms with Crippen molar-refractivity contribution >= 4 is 11.6 Å². The summed E-state index contributed by atoms with van der Waals surface area (Å²) in [6.07, 6.45) is 2.26. The number of aryl methyl sites for hydroxylation is 1. The number of methoxy groups -OCH3 is 1. The van der Waals surface area contributed by atoms with E-state index in [1.54, 1.807) is 7.11 Å². The monoisotopic (exact) mass is 269 g/mol. The molecular weight excluding hydrogens is 250 g/mol. The van der Waals surface area contributed by atoms with Gasteiger partial charge in [0.15, 0.2) is 0 Å². The molecule has 0 bridgehead atoms. The highest BCUT2D eigenvalue weighted by Crippen LogP contribution is 2.32. The van der Waals surface area contributed by atoms with E-state index in [4.69, 9.17) is 21.1 Å². The molecule has 1 atom stereocenters. The molecule has 0 aliphatic heterocycles. The Kier molecular flexibility index (Phi) is 5.45. The second-order valence-electron chi connectivity index (χ2n) is 4.49. The van der Waals surface area contributed by atoms with Crippen molar-refractivity contribution < 1.29 is 9.47 Å². The Morgan fingerprint density at radius 3 is 3.06 bits per heavy atom. The van der Waals surface area contributed by atoms with Gasteiger partial charge in [-0.1, -0.05) is 17.7 Å². The van der Waals surface area contributed by atoms with E-state index in [1.807, 2.05) is 6.07 Å². The summed E-state index contributed by atoms with van der Waals surface area (Å²) in [4.78, 5) is 0. The van der Waals surface area contributed by atoms with Gasteiger partial charge in [-0.3, -0.25) is 0 Å². The van der Waals surface area contributed by atoms with Gasteiger partial charge < -0.3 is 14.8 Å². The van der Waals surface area contributed by atoms with Gasteiger partial charge in [-0.25, -0.2) is 0 Å². The molecule has 0 radical (unpaired) electrons. The molecule has 0 spiro atoms. The van der Waals surface area contributed by atoms with Gasteiger partial charge in [0, 0.05) is 24.7 Å². The molecule has 0 amide bonds. The van der Waals surface area contributed by atoms with E-state index in [2.05, 4.69) is 17.4 Å². The maximum atomic E-state index is 5.99. The Labute approximate surface area is 113 Å². The van der Waals surface area contributed by atoms with Crippen LogP contribution in [0.5, 0.6) is 0 Å². The fraction of sp³-hybridized carbons (Fsp3) is 0.571. The number of ether oxygens (including phenoxy) is 2. The molecule has 1 unspecified atom stereocenters. The number of hydrogen-bond acceptors (Lipinski definition) is 3. The first-order valence-corrected chi connectivity index (χ1v) is 6.77. The van der Waals surface area contributed by atoms with Crippen molar-refractivity contribution in [3.8, 4) is 0 Å². The van der Waals surface area contributed by atoms with Crippen molar-refractivity contribution in [2.24, 2.45) is 0 Å². The van der Waals surface area contributed by atoms with Crippen LogP contribution in [-0.2, 0) is 15.9 Å². The van der Waals surface area contributed by atoms with E-state index in [-0.39, 0.29) is 0 Å². The molecule has 1 aliphatic rings. The molecule has 1 aliphatic carbocycles. The van der Waals surface area contributed by atoms with Crippen molar-refractivity contribution in [1.82, 2.24) is 5.32 Å². The predicted octanol–water partition coefficient (Wildman–Crippen LogP) is 2.58. The lowest BCUT2D eigenvalue weighted by Crippen LogP contribution is -2.24. The number of benzene rings is 1. The Bertz CT molecular complexity index is 384. The molecule has 0 fully saturated rings. The first kappa shape index (κ1) is 13.8. The molecule has 0 saturated heterocycles. The van der Waals surface area contributed by atoms with Crippen LogP contribution in [0.3, 0.4) is 0 Å². The van der Waals surface area contributed by atoms with Gasteiger partial charge in [-0.2, -0.15) is 0 Å². The quantitative estimate of drug-likeness (QED) is 0.772. The molecule has 0 aromatic heterocycles. The predicted molar refractivity (Wildman–Crippen MR) is 73.2 cm³/mol. The second kappa shape index (κ2) is 7.10. The molecule has 2 rings (SSSR count). The molecule has 0 heterocycles. The number of fused-ring (bicyclic) bond motifs is 1. The van der Waals surface area contributed by atoms with E-state index < -0.39 is 0 Å². The zero-order valence-electron chi connectivity index (χ0n) is 10.7. The van der Waals surface area contributed by atoms with Crippen molar-refractivity contribution in [2.75, 3.05) is 33.5 Å². The van der Waals surface area contributed by atoms with Gasteiger partial charge in [0.2, 0.25) is 0 Å². The smallest absolute Gasteiger partial charge is 0.0700 e. The minimum Gasteiger partial charge on any atom is -0.382 e. The summed E-state index contributed by atoms with van der Waals surface area (Å²) in [7, 11) is 1.68. The molecule has 4 heteroatoms. The van der Waals surface area contributed by atoms with Gasteiger partial charge >= 0.3 is 0 Å². The van der Waals surface area contributed by atoms with Crippen LogP contribution >= 0.6 is 11.6 Å². The molecular formula is C14H20ClNO2. The second-order valence-corrected chi connectivity index (χ2v) is 4.93. The SMILES string of the molecule is COCCOCCNC1CCc2cc(Cl)ccc21. The fourth-order valence-corrected chi connectivity index (χ4v) is 2.54. The van der Waals surface area contributed by atoms with Crippen LogP contribution in [0.25, 0.3) is 0 Å². The highest BCUT2D eigenvalue weighted by molar-refractivity contribution is 6.30. The summed E-state index contributed by atoms with van der Waals surface area (Å²) in [6.45, 7) is 2.92. The van der Waals surface area contributed by atoms with E-state index in [1.165, 1.54) is 11.1 Å². The highest BCUT2D eigenvalue weighted by atomic mass is 35.5. The topological polar surface area (TPSA) is 30.5 Å². The third-order valence-corrected chi connectivity index (χ3v) is 3.49. The Morgan fingerprint density at radius 2 is 2.22 bits per heavy atom. The summed E-state index contributed by atoms with van der Waals surface area (Å²) in [5.74, 6) is 0. The summed E-state index contributed by atoms with van der Waals surface area (Å²) in [5.41, 5.74) is 2.76. The highest BCUT2D eigenvalue weighted by Gasteiger charge is 2.21. The first-order valence-electron chi connectivity index (χ1n) is 6.39. The normalized spacial score (nSPS) is 18.0. The Morgan fingerprint density at radius 1 is 1.33 bits per heavy atom. The Hall–Kier alpha value is -0.610. The Balaban J connectivity index is 1.73. The number of nitrogens with one attached hydrogen (secondary N) is 1. The van der Waals surface area contributed by atoms with Crippen LogP contribution in [0.4, 0.5) is 0 Å². The minimum absolute atomic E-state index is 0.447. The number of rotatable bonds is 7. The summed E-state index contributed by atoms with van der Waals surface area (Å²) < 4.78 is 10.4. The van der Waals surface area contributed by atoms with Crippen molar-refractivity contribution in [2.45, 2.75) is 18.9 Å². The lowest BCUT2D eigenvalue weighted by atomic mass is 10.1. The van der Waals surface area contributed by atoms with Crippen LogP contribution in [0, 0.1) is 0 Å². The number of hydrogen-bond donors (Lipinski definition) is 1. The van der Waals surface area contributed by atoms with Gasteiger partial charge in [-0.05, 0) is 36.1 Å². The van der Waals surface area contributed by atoms with Crippen molar-refractivity contribution in [3.63, 3.8) is 0 Å². The fourth-order valence-electron chi connectivity index (χ4n) is 2.35. The summed E-state index contributed by atoms with van der Waals surface area (Å²) in [5, 5.41) is 4.36. The zero-order valence-corrected chi connectivity index (χ0v) is 11.5. The standard InChI is InChI=1S/C14H20ClNO2/c1-17-8-9-18-7-6-16-14-5-2-11-10-12(15)3-4-13(11)14/h3-4,10,14,16H,2,5-9H2,1H3. The zero-order chi connectivity index (χ0) is 12.8. The van der Waals surface area contributed by atoms with E-state index in [0.29, 0.717) is 19.3 Å².